The normalized spacial score (nSPS) is 23.0. The fourth-order valence-electron chi connectivity index (χ4n) is 4.31. The first-order valence-corrected chi connectivity index (χ1v) is 10.9. The van der Waals surface area contributed by atoms with E-state index in [1.54, 1.807) is 4.90 Å². The Balaban J connectivity index is 1.35. The lowest BCUT2D eigenvalue weighted by atomic mass is 10.0. The molecule has 1 saturated heterocycles. The Hall–Kier alpha value is -1.92. The number of benzene rings is 1. The summed E-state index contributed by atoms with van der Waals surface area (Å²) in [5.41, 5.74) is 2.76. The van der Waals surface area contributed by atoms with Crippen molar-refractivity contribution in [2.75, 3.05) is 32.7 Å². The maximum absolute atomic E-state index is 12.2. The molecule has 0 aromatic heterocycles. The van der Waals surface area contributed by atoms with E-state index < -0.39 is 0 Å². The summed E-state index contributed by atoms with van der Waals surface area (Å²) in [4.78, 5) is 26.9. The molecule has 2 fully saturated rings. The number of imide groups is 1. The van der Waals surface area contributed by atoms with Crippen LogP contribution in [0.15, 0.2) is 24.3 Å². The number of piperazine rings is 1. The Kier molecular flexibility index (Phi) is 7.45. The second-order valence-electron chi connectivity index (χ2n) is 8.75. The summed E-state index contributed by atoms with van der Waals surface area (Å²) < 4.78 is 0. The zero-order valence-electron chi connectivity index (χ0n) is 17.4. The molecule has 4 N–H and O–H groups in total. The van der Waals surface area contributed by atoms with Gasteiger partial charge in [0.05, 0.1) is 0 Å². The zero-order valence-corrected chi connectivity index (χ0v) is 17.4. The highest BCUT2D eigenvalue weighted by Crippen LogP contribution is 2.17. The molecule has 0 bridgehead atoms. The van der Waals surface area contributed by atoms with Crippen molar-refractivity contribution in [3.63, 3.8) is 0 Å². The minimum Gasteiger partial charge on any atom is -0.335 e. The third-order valence-electron chi connectivity index (χ3n) is 6.12. The van der Waals surface area contributed by atoms with E-state index in [-0.39, 0.29) is 18.0 Å². The topological polar surface area (TPSA) is 67.1 Å². The highest BCUT2D eigenvalue weighted by atomic mass is 16.2. The summed E-state index contributed by atoms with van der Waals surface area (Å²) in [5.74, 6) is 0.401. The first-order chi connectivity index (χ1) is 13.5. The third-order valence-corrected chi connectivity index (χ3v) is 6.12. The molecule has 1 aromatic carbocycles. The fourth-order valence-corrected chi connectivity index (χ4v) is 4.31. The molecule has 0 radical (unpaired) electrons. The average molecular weight is 389 g/mol. The van der Waals surface area contributed by atoms with Crippen molar-refractivity contribution < 1.29 is 19.4 Å². The van der Waals surface area contributed by atoms with E-state index in [0.29, 0.717) is 12.5 Å². The predicted molar refractivity (Wildman–Crippen MR) is 109 cm³/mol. The highest BCUT2D eigenvalue weighted by Gasteiger charge is 2.26. The van der Waals surface area contributed by atoms with E-state index in [4.69, 9.17) is 0 Å². The van der Waals surface area contributed by atoms with E-state index in [1.807, 2.05) is 0 Å². The number of nitrogens with one attached hydrogen (secondary N) is 4. The van der Waals surface area contributed by atoms with Gasteiger partial charge in [-0.2, -0.15) is 0 Å². The minimum atomic E-state index is -0.328. The Morgan fingerprint density at radius 2 is 1.61 bits per heavy atom. The number of rotatable bonds is 6. The first kappa shape index (κ1) is 20.8. The number of quaternary nitrogens is 2. The molecule has 3 amide bonds. The maximum Gasteiger partial charge on any atom is 0.321 e. The summed E-state index contributed by atoms with van der Waals surface area (Å²) in [6.45, 7) is 9.92. The van der Waals surface area contributed by atoms with Crippen molar-refractivity contribution in [2.24, 2.45) is 0 Å². The molecular formula is C22H36N4O2+2. The summed E-state index contributed by atoms with van der Waals surface area (Å²) in [5, 5.41) is 5.41. The van der Waals surface area contributed by atoms with Crippen LogP contribution in [0, 0.1) is 0 Å². The molecule has 3 rings (SSSR count). The van der Waals surface area contributed by atoms with Crippen molar-refractivity contribution in [3.05, 3.63) is 35.4 Å². The number of amides is 3. The summed E-state index contributed by atoms with van der Waals surface area (Å²) >= 11 is 0. The predicted octanol–water partition coefficient (Wildman–Crippen LogP) is -0.138. The van der Waals surface area contributed by atoms with Crippen LogP contribution in [0.25, 0.3) is 0 Å². The number of carbonyl (C=O) groups is 2. The summed E-state index contributed by atoms with van der Waals surface area (Å²) in [7, 11) is 0. The van der Waals surface area contributed by atoms with E-state index >= 15 is 0 Å². The Morgan fingerprint density at radius 1 is 1.00 bits per heavy atom. The van der Waals surface area contributed by atoms with Crippen molar-refractivity contribution in [1.82, 2.24) is 10.6 Å². The molecule has 1 heterocycles. The van der Waals surface area contributed by atoms with Gasteiger partial charge < -0.3 is 15.1 Å². The second kappa shape index (κ2) is 10.0. The largest absolute Gasteiger partial charge is 0.335 e. The molecular weight excluding hydrogens is 352 g/mol. The van der Waals surface area contributed by atoms with E-state index in [2.05, 4.69) is 48.7 Å². The lowest BCUT2D eigenvalue weighted by Crippen LogP contribution is -3.28. The van der Waals surface area contributed by atoms with Gasteiger partial charge in [0, 0.05) is 11.6 Å². The SMILES string of the molecule is CC(C)c1ccc(C[NH+]2CC[NH+](CC(=O)NC(=O)NC3CCCC3)CC2)cc1. The van der Waals surface area contributed by atoms with Crippen LogP contribution in [0.5, 0.6) is 0 Å². The van der Waals surface area contributed by atoms with Gasteiger partial charge in [0.15, 0.2) is 6.54 Å². The molecule has 1 saturated carbocycles. The van der Waals surface area contributed by atoms with Crippen molar-refractivity contribution in [1.29, 1.82) is 0 Å². The van der Waals surface area contributed by atoms with Gasteiger partial charge in [0.1, 0.15) is 32.7 Å². The van der Waals surface area contributed by atoms with E-state index in [1.165, 1.54) is 16.0 Å². The summed E-state index contributed by atoms with van der Waals surface area (Å²) in [6.07, 6.45) is 4.38. The molecule has 2 aliphatic rings. The lowest BCUT2D eigenvalue weighted by molar-refractivity contribution is -1.02. The van der Waals surface area contributed by atoms with Crippen LogP contribution in [0.2, 0.25) is 0 Å². The van der Waals surface area contributed by atoms with Crippen LogP contribution in [0.4, 0.5) is 4.79 Å². The third kappa shape index (κ3) is 6.31. The van der Waals surface area contributed by atoms with Crippen molar-refractivity contribution in [2.45, 2.75) is 58.0 Å². The van der Waals surface area contributed by atoms with Crippen LogP contribution in [-0.4, -0.2) is 50.7 Å². The number of urea groups is 1. The van der Waals surface area contributed by atoms with E-state index in [9.17, 15) is 9.59 Å². The second-order valence-corrected chi connectivity index (χ2v) is 8.75. The van der Waals surface area contributed by atoms with Crippen LogP contribution in [0.1, 0.15) is 56.6 Å². The fraction of sp³-hybridized carbons (Fsp3) is 0.636. The molecule has 6 nitrogen and oxygen atoms in total. The standard InChI is InChI=1S/C22H34N4O2/c1-17(2)19-9-7-18(8-10-19)15-25-11-13-26(14-12-25)16-21(27)24-22(28)23-20-5-3-4-6-20/h7-10,17,20H,3-6,11-16H2,1-2H3,(H2,23,24,27,28)/p+2. The monoisotopic (exact) mass is 388 g/mol. The molecule has 0 atom stereocenters. The lowest BCUT2D eigenvalue weighted by Gasteiger charge is -2.29. The average Bonchev–Trinajstić information content (AvgIpc) is 3.16. The van der Waals surface area contributed by atoms with Gasteiger partial charge in [-0.25, -0.2) is 4.79 Å². The first-order valence-electron chi connectivity index (χ1n) is 10.9. The Morgan fingerprint density at radius 3 is 2.21 bits per heavy atom. The molecule has 0 spiro atoms. The summed E-state index contributed by atoms with van der Waals surface area (Å²) in [6, 6.07) is 8.88. The molecule has 1 aromatic rings. The number of carbonyl (C=O) groups excluding carboxylic acids is 2. The number of hydrogen-bond acceptors (Lipinski definition) is 2. The minimum absolute atomic E-state index is 0.168. The Bertz CT molecular complexity index is 645. The van der Waals surface area contributed by atoms with Gasteiger partial charge in [0.25, 0.3) is 5.91 Å². The molecule has 154 valence electrons. The van der Waals surface area contributed by atoms with Gasteiger partial charge in [0.2, 0.25) is 0 Å². The smallest absolute Gasteiger partial charge is 0.321 e. The maximum atomic E-state index is 12.2. The molecule has 6 heteroatoms. The quantitative estimate of drug-likeness (QED) is 0.548. The van der Waals surface area contributed by atoms with Crippen LogP contribution in [0.3, 0.4) is 0 Å². The molecule has 0 unspecified atom stereocenters. The Labute approximate surface area is 168 Å². The van der Waals surface area contributed by atoms with Gasteiger partial charge in [-0.05, 0) is 24.3 Å². The van der Waals surface area contributed by atoms with Crippen molar-refractivity contribution >= 4 is 11.9 Å². The zero-order chi connectivity index (χ0) is 19.9. The van der Waals surface area contributed by atoms with E-state index in [0.717, 1.165) is 58.4 Å². The number of hydrogen-bond donors (Lipinski definition) is 4. The molecule has 1 aliphatic carbocycles. The molecule has 28 heavy (non-hydrogen) atoms. The van der Waals surface area contributed by atoms with Gasteiger partial charge in [-0.15, -0.1) is 0 Å². The van der Waals surface area contributed by atoms with Gasteiger partial charge >= 0.3 is 6.03 Å². The van der Waals surface area contributed by atoms with Crippen LogP contribution < -0.4 is 20.4 Å². The van der Waals surface area contributed by atoms with Gasteiger partial charge in [-0.1, -0.05) is 51.0 Å². The van der Waals surface area contributed by atoms with Gasteiger partial charge in [-0.3, -0.25) is 10.1 Å². The van der Waals surface area contributed by atoms with Crippen LogP contribution >= 0.6 is 0 Å². The van der Waals surface area contributed by atoms with Crippen LogP contribution in [-0.2, 0) is 11.3 Å². The van der Waals surface area contributed by atoms with Crippen molar-refractivity contribution in [3.8, 4) is 0 Å². The highest BCUT2D eigenvalue weighted by molar-refractivity contribution is 5.94. The molecule has 1 aliphatic heterocycles.